The molecule has 1 aromatic carbocycles. The number of anilines is 2. The van der Waals surface area contributed by atoms with Gasteiger partial charge in [0, 0.05) is 6.04 Å². The van der Waals surface area contributed by atoms with Crippen molar-refractivity contribution in [1.82, 2.24) is 0 Å². The summed E-state index contributed by atoms with van der Waals surface area (Å²) in [7, 11) is 0. The van der Waals surface area contributed by atoms with Crippen LogP contribution in [0.2, 0.25) is 0 Å². The van der Waals surface area contributed by atoms with E-state index in [4.69, 9.17) is 5.73 Å². The first kappa shape index (κ1) is 12.7. The number of hydrogen-bond donors (Lipinski definition) is 2. The van der Waals surface area contributed by atoms with Crippen LogP contribution in [0.4, 0.5) is 20.2 Å². The lowest BCUT2D eigenvalue weighted by Crippen LogP contribution is -2.24. The van der Waals surface area contributed by atoms with Gasteiger partial charge in [-0.15, -0.1) is 0 Å². The van der Waals surface area contributed by atoms with E-state index in [0.29, 0.717) is 5.92 Å². The summed E-state index contributed by atoms with van der Waals surface area (Å²) in [5.41, 5.74) is 5.90. The van der Waals surface area contributed by atoms with Crippen molar-refractivity contribution in [2.24, 2.45) is 5.92 Å². The maximum atomic E-state index is 13.5. The van der Waals surface area contributed by atoms with Crippen molar-refractivity contribution < 1.29 is 8.78 Å². The Kier molecular flexibility index (Phi) is 4.10. The summed E-state index contributed by atoms with van der Waals surface area (Å²) in [5.74, 6) is -1.43. The van der Waals surface area contributed by atoms with Crippen molar-refractivity contribution in [3.8, 4) is 0 Å². The zero-order valence-corrected chi connectivity index (χ0v) is 9.85. The second-order valence-electron chi connectivity index (χ2n) is 4.14. The molecule has 0 aliphatic carbocycles. The third-order valence-electron chi connectivity index (χ3n) is 3.00. The van der Waals surface area contributed by atoms with Gasteiger partial charge in [-0.2, -0.15) is 0 Å². The van der Waals surface area contributed by atoms with Gasteiger partial charge in [0.25, 0.3) is 0 Å². The SMILES string of the molecule is CCC(C)C(C)Nc1c(N)ccc(F)c1F. The summed E-state index contributed by atoms with van der Waals surface area (Å²) >= 11 is 0. The monoisotopic (exact) mass is 228 g/mol. The zero-order chi connectivity index (χ0) is 12.3. The molecule has 2 nitrogen and oxygen atoms in total. The molecular weight excluding hydrogens is 210 g/mol. The Balaban J connectivity index is 2.92. The molecule has 0 heterocycles. The summed E-state index contributed by atoms with van der Waals surface area (Å²) < 4.78 is 26.5. The second-order valence-corrected chi connectivity index (χ2v) is 4.14. The van der Waals surface area contributed by atoms with Crippen molar-refractivity contribution in [3.63, 3.8) is 0 Å². The summed E-state index contributed by atoms with van der Waals surface area (Å²) in [6, 6.07) is 2.44. The van der Waals surface area contributed by atoms with E-state index in [1.54, 1.807) is 0 Å². The van der Waals surface area contributed by atoms with Crippen LogP contribution in [0.1, 0.15) is 27.2 Å². The minimum atomic E-state index is -0.907. The molecule has 0 aliphatic rings. The number of nitrogens with one attached hydrogen (secondary N) is 1. The number of benzene rings is 1. The molecule has 0 aliphatic heterocycles. The van der Waals surface area contributed by atoms with Crippen molar-refractivity contribution >= 4 is 11.4 Å². The fourth-order valence-electron chi connectivity index (χ4n) is 1.44. The molecule has 0 fully saturated rings. The van der Waals surface area contributed by atoms with E-state index >= 15 is 0 Å². The van der Waals surface area contributed by atoms with Crippen LogP contribution in [0.3, 0.4) is 0 Å². The van der Waals surface area contributed by atoms with Crippen molar-refractivity contribution in [1.29, 1.82) is 0 Å². The summed E-state index contributed by atoms with van der Waals surface area (Å²) in [6.45, 7) is 6.02. The Bertz CT molecular complexity index is 366. The molecule has 0 spiro atoms. The van der Waals surface area contributed by atoms with Gasteiger partial charge >= 0.3 is 0 Å². The van der Waals surface area contributed by atoms with E-state index in [-0.39, 0.29) is 17.4 Å². The van der Waals surface area contributed by atoms with Crippen LogP contribution in [0.25, 0.3) is 0 Å². The fourth-order valence-corrected chi connectivity index (χ4v) is 1.44. The smallest absolute Gasteiger partial charge is 0.183 e. The van der Waals surface area contributed by atoms with Gasteiger partial charge in [-0.1, -0.05) is 20.3 Å². The Morgan fingerprint density at radius 3 is 2.50 bits per heavy atom. The molecule has 0 bridgehead atoms. The maximum absolute atomic E-state index is 13.5. The molecule has 0 amide bonds. The highest BCUT2D eigenvalue weighted by Gasteiger charge is 2.16. The van der Waals surface area contributed by atoms with E-state index in [1.807, 2.05) is 20.8 Å². The summed E-state index contributed by atoms with van der Waals surface area (Å²) in [5, 5.41) is 2.93. The lowest BCUT2D eigenvalue weighted by atomic mass is 10.0. The molecule has 16 heavy (non-hydrogen) atoms. The van der Waals surface area contributed by atoms with Gasteiger partial charge in [-0.3, -0.25) is 0 Å². The number of nitrogens with two attached hydrogens (primary N) is 1. The van der Waals surface area contributed by atoms with Crippen LogP contribution in [0.15, 0.2) is 12.1 Å². The molecule has 1 aromatic rings. The number of halogens is 2. The van der Waals surface area contributed by atoms with Crippen molar-refractivity contribution in [2.75, 3.05) is 11.1 Å². The first-order chi connectivity index (χ1) is 7.47. The highest BCUT2D eigenvalue weighted by Crippen LogP contribution is 2.26. The van der Waals surface area contributed by atoms with Gasteiger partial charge in [0.1, 0.15) is 0 Å². The quantitative estimate of drug-likeness (QED) is 0.775. The normalized spacial score (nSPS) is 14.6. The van der Waals surface area contributed by atoms with E-state index < -0.39 is 11.6 Å². The zero-order valence-electron chi connectivity index (χ0n) is 9.85. The van der Waals surface area contributed by atoms with Crippen LogP contribution < -0.4 is 11.1 Å². The lowest BCUT2D eigenvalue weighted by molar-refractivity contribution is 0.483. The largest absolute Gasteiger partial charge is 0.397 e. The molecule has 4 heteroatoms. The molecule has 2 unspecified atom stereocenters. The summed E-state index contributed by atoms with van der Waals surface area (Å²) in [4.78, 5) is 0. The van der Waals surface area contributed by atoms with Gasteiger partial charge in [0.05, 0.1) is 11.4 Å². The average molecular weight is 228 g/mol. The van der Waals surface area contributed by atoms with Crippen molar-refractivity contribution in [2.45, 2.75) is 33.2 Å². The Morgan fingerprint density at radius 2 is 1.94 bits per heavy atom. The molecule has 0 aromatic heterocycles. The minimum Gasteiger partial charge on any atom is -0.397 e. The highest BCUT2D eigenvalue weighted by molar-refractivity contribution is 5.67. The minimum absolute atomic E-state index is 0.0450. The van der Waals surface area contributed by atoms with Crippen LogP contribution in [0, 0.1) is 17.6 Å². The Hall–Kier alpha value is -1.32. The molecular formula is C12H18F2N2. The lowest BCUT2D eigenvalue weighted by Gasteiger charge is -2.22. The fraction of sp³-hybridized carbons (Fsp3) is 0.500. The maximum Gasteiger partial charge on any atom is 0.183 e. The highest BCUT2D eigenvalue weighted by atomic mass is 19.2. The molecule has 2 atom stereocenters. The van der Waals surface area contributed by atoms with E-state index in [2.05, 4.69) is 5.32 Å². The predicted octanol–water partition coefficient (Wildman–Crippen LogP) is 3.39. The number of rotatable bonds is 4. The molecule has 3 N–H and O–H groups in total. The number of nitrogen functional groups attached to an aromatic ring is 1. The topological polar surface area (TPSA) is 38.0 Å². The molecule has 0 saturated carbocycles. The van der Waals surface area contributed by atoms with Gasteiger partial charge < -0.3 is 11.1 Å². The molecule has 90 valence electrons. The van der Waals surface area contributed by atoms with E-state index in [1.165, 1.54) is 6.07 Å². The van der Waals surface area contributed by atoms with Crippen LogP contribution in [0.5, 0.6) is 0 Å². The number of hydrogen-bond acceptors (Lipinski definition) is 2. The Labute approximate surface area is 94.8 Å². The van der Waals surface area contributed by atoms with Gasteiger partial charge in [-0.25, -0.2) is 8.78 Å². The predicted molar refractivity (Wildman–Crippen MR) is 63.3 cm³/mol. The molecule has 0 radical (unpaired) electrons. The molecule has 0 saturated heterocycles. The first-order valence-electron chi connectivity index (χ1n) is 5.47. The van der Waals surface area contributed by atoms with Gasteiger partial charge in [0.15, 0.2) is 11.6 Å². The van der Waals surface area contributed by atoms with Crippen molar-refractivity contribution in [3.05, 3.63) is 23.8 Å². The van der Waals surface area contributed by atoms with E-state index in [9.17, 15) is 8.78 Å². The van der Waals surface area contributed by atoms with Crippen LogP contribution in [-0.4, -0.2) is 6.04 Å². The third-order valence-corrected chi connectivity index (χ3v) is 3.00. The van der Waals surface area contributed by atoms with Crippen LogP contribution in [-0.2, 0) is 0 Å². The van der Waals surface area contributed by atoms with E-state index in [0.717, 1.165) is 12.5 Å². The standard InChI is InChI=1S/C12H18F2N2/c1-4-7(2)8(3)16-12-10(15)6-5-9(13)11(12)14/h5-8,16H,4,15H2,1-3H3. The van der Waals surface area contributed by atoms with Gasteiger partial charge in [-0.05, 0) is 25.0 Å². The first-order valence-corrected chi connectivity index (χ1v) is 5.47. The second kappa shape index (κ2) is 5.14. The summed E-state index contributed by atoms with van der Waals surface area (Å²) in [6.07, 6.45) is 0.963. The average Bonchev–Trinajstić information content (AvgIpc) is 2.28. The van der Waals surface area contributed by atoms with Crippen LogP contribution >= 0.6 is 0 Å². The Morgan fingerprint density at radius 1 is 1.31 bits per heavy atom. The van der Waals surface area contributed by atoms with Gasteiger partial charge in [0.2, 0.25) is 0 Å². The third kappa shape index (κ3) is 2.62. The molecule has 1 rings (SSSR count).